The molecule has 0 aliphatic carbocycles. The summed E-state index contributed by atoms with van der Waals surface area (Å²) >= 11 is 0. The number of carbonyl (C=O) groups is 2. The van der Waals surface area contributed by atoms with Gasteiger partial charge in [0, 0.05) is 11.1 Å². The minimum absolute atomic E-state index is 0.102. The summed E-state index contributed by atoms with van der Waals surface area (Å²) in [5, 5.41) is 5.67. The molecule has 2 amide bonds. The molecule has 0 atom stereocenters. The van der Waals surface area contributed by atoms with Crippen molar-refractivity contribution in [1.29, 1.82) is 0 Å². The normalized spacial score (nSPS) is 11.7. The van der Waals surface area contributed by atoms with Crippen molar-refractivity contribution in [3.8, 4) is 0 Å². The van der Waals surface area contributed by atoms with Crippen molar-refractivity contribution in [2.24, 2.45) is 0 Å². The SMILES string of the molecule is CCOP(=O)(Cc1ccc(C(=O)Nc2ccccc2NC(=O)c2ccc(CP(=O)(OCC)OCC)cc2)cc1)OCC. The van der Waals surface area contributed by atoms with Gasteiger partial charge in [-0.2, -0.15) is 0 Å². The molecule has 0 saturated carbocycles. The Morgan fingerprint density at radius 2 is 0.857 bits per heavy atom. The van der Waals surface area contributed by atoms with E-state index in [1.54, 1.807) is 100 Å². The maximum absolute atomic E-state index is 13.0. The molecule has 42 heavy (non-hydrogen) atoms. The van der Waals surface area contributed by atoms with E-state index in [-0.39, 0.29) is 50.6 Å². The Labute approximate surface area is 247 Å². The number of hydrogen-bond acceptors (Lipinski definition) is 8. The summed E-state index contributed by atoms with van der Waals surface area (Å²) in [4.78, 5) is 26.0. The van der Waals surface area contributed by atoms with Crippen LogP contribution in [0.1, 0.15) is 59.5 Å². The highest BCUT2D eigenvalue weighted by Gasteiger charge is 2.25. The fourth-order valence-corrected chi connectivity index (χ4v) is 7.51. The second-order valence-corrected chi connectivity index (χ2v) is 13.2. The molecule has 3 aromatic rings. The van der Waals surface area contributed by atoms with Crippen molar-refractivity contribution in [3.05, 3.63) is 95.1 Å². The second-order valence-electron chi connectivity index (χ2n) is 9.06. The molecular weight excluding hydrogens is 578 g/mol. The van der Waals surface area contributed by atoms with E-state index in [4.69, 9.17) is 18.1 Å². The van der Waals surface area contributed by atoms with Gasteiger partial charge in [-0.1, -0.05) is 36.4 Å². The minimum atomic E-state index is -3.26. The predicted octanol–water partition coefficient (Wildman–Crippen LogP) is 7.72. The number of anilines is 2. The van der Waals surface area contributed by atoms with Gasteiger partial charge in [0.1, 0.15) is 0 Å². The Kier molecular flexibility index (Phi) is 12.7. The van der Waals surface area contributed by atoms with Crippen LogP contribution in [0.3, 0.4) is 0 Å². The molecule has 10 nitrogen and oxygen atoms in total. The van der Waals surface area contributed by atoms with Gasteiger partial charge in [-0.05, 0) is 75.2 Å². The van der Waals surface area contributed by atoms with Crippen LogP contribution in [0.5, 0.6) is 0 Å². The number of hydrogen-bond donors (Lipinski definition) is 2. The lowest BCUT2D eigenvalue weighted by Gasteiger charge is -2.17. The molecule has 3 aromatic carbocycles. The molecule has 12 heteroatoms. The van der Waals surface area contributed by atoms with E-state index in [2.05, 4.69) is 10.6 Å². The topological polar surface area (TPSA) is 129 Å². The fourth-order valence-electron chi connectivity index (χ4n) is 4.10. The average Bonchev–Trinajstić information content (AvgIpc) is 2.95. The molecular formula is C30H38N2O8P2. The zero-order valence-electron chi connectivity index (χ0n) is 24.3. The van der Waals surface area contributed by atoms with Crippen LogP contribution in [0.2, 0.25) is 0 Å². The molecule has 2 N–H and O–H groups in total. The highest BCUT2D eigenvalue weighted by atomic mass is 31.2. The van der Waals surface area contributed by atoms with Gasteiger partial charge in [0.15, 0.2) is 0 Å². The Hall–Kier alpha value is -3.10. The summed E-state index contributed by atoms with van der Waals surface area (Å²) in [6, 6.07) is 20.2. The van der Waals surface area contributed by atoms with Crippen molar-refractivity contribution in [3.63, 3.8) is 0 Å². The van der Waals surface area contributed by atoms with Crippen molar-refractivity contribution in [2.45, 2.75) is 40.0 Å². The molecule has 0 heterocycles. The van der Waals surface area contributed by atoms with Crippen LogP contribution in [-0.2, 0) is 39.5 Å². The van der Waals surface area contributed by atoms with Crippen molar-refractivity contribution in [1.82, 2.24) is 0 Å². The highest BCUT2D eigenvalue weighted by Crippen LogP contribution is 2.52. The maximum atomic E-state index is 13.0. The lowest BCUT2D eigenvalue weighted by molar-refractivity contribution is 0.101. The number of carbonyl (C=O) groups excluding carboxylic acids is 2. The van der Waals surface area contributed by atoms with Gasteiger partial charge in [0.05, 0.1) is 50.1 Å². The standard InChI is InChI=1S/C30H38N2O8P2/c1-5-37-41(35,38-6-2)21-23-13-17-25(18-14-23)29(33)31-27-11-9-10-12-28(27)32-30(34)26-19-15-24(16-20-26)22-42(36,39-7-3)40-8-4/h9-20H,5-8,21-22H2,1-4H3,(H,31,33)(H,32,34). The third-order valence-corrected chi connectivity index (χ3v) is 10.0. The molecule has 0 unspecified atom stereocenters. The van der Waals surface area contributed by atoms with Gasteiger partial charge in [0.25, 0.3) is 11.8 Å². The van der Waals surface area contributed by atoms with E-state index in [1.165, 1.54) is 0 Å². The summed E-state index contributed by atoms with van der Waals surface area (Å²) in [6.07, 6.45) is 0.204. The van der Waals surface area contributed by atoms with Gasteiger partial charge in [-0.3, -0.25) is 18.7 Å². The van der Waals surface area contributed by atoms with Gasteiger partial charge < -0.3 is 28.7 Å². The first kappa shape index (κ1) is 33.4. The summed E-state index contributed by atoms with van der Waals surface area (Å²) in [5.41, 5.74) is 3.04. The molecule has 0 saturated heterocycles. The number of amides is 2. The molecule has 0 aromatic heterocycles. The molecule has 0 bridgehead atoms. The first-order valence-electron chi connectivity index (χ1n) is 13.8. The van der Waals surface area contributed by atoms with Crippen LogP contribution >= 0.6 is 15.2 Å². The van der Waals surface area contributed by atoms with Crippen LogP contribution in [-0.4, -0.2) is 38.2 Å². The van der Waals surface area contributed by atoms with E-state index in [0.717, 1.165) is 0 Å². The lowest BCUT2D eigenvalue weighted by Crippen LogP contribution is -2.17. The third kappa shape index (κ3) is 9.73. The van der Waals surface area contributed by atoms with Crippen molar-refractivity contribution >= 4 is 38.4 Å². The van der Waals surface area contributed by atoms with Gasteiger partial charge >= 0.3 is 15.2 Å². The Bertz CT molecular complexity index is 1300. The predicted molar refractivity (Wildman–Crippen MR) is 164 cm³/mol. The summed E-state index contributed by atoms with van der Waals surface area (Å²) in [5.74, 6) is -0.753. The van der Waals surface area contributed by atoms with Gasteiger partial charge in [-0.15, -0.1) is 0 Å². The summed E-state index contributed by atoms with van der Waals surface area (Å²) < 4.78 is 47.0. The fraction of sp³-hybridized carbons (Fsp3) is 0.333. The zero-order chi connectivity index (χ0) is 30.6. The lowest BCUT2D eigenvalue weighted by atomic mass is 10.1. The van der Waals surface area contributed by atoms with E-state index >= 15 is 0 Å². The second kappa shape index (κ2) is 15.9. The first-order chi connectivity index (χ1) is 20.1. The quantitative estimate of drug-likeness (QED) is 0.157. The van der Waals surface area contributed by atoms with Crippen molar-refractivity contribution < 1.29 is 36.8 Å². The van der Waals surface area contributed by atoms with E-state index < -0.39 is 15.2 Å². The highest BCUT2D eigenvalue weighted by molar-refractivity contribution is 7.53. The molecule has 0 fully saturated rings. The summed E-state index contributed by atoms with van der Waals surface area (Å²) in [7, 11) is -6.53. The van der Waals surface area contributed by atoms with Crippen LogP contribution in [0.15, 0.2) is 72.8 Å². The van der Waals surface area contributed by atoms with Gasteiger partial charge in [-0.25, -0.2) is 0 Å². The van der Waals surface area contributed by atoms with E-state index in [9.17, 15) is 18.7 Å². The number of rotatable bonds is 16. The molecule has 0 spiro atoms. The van der Waals surface area contributed by atoms with E-state index in [0.29, 0.717) is 33.6 Å². The van der Waals surface area contributed by atoms with Crippen LogP contribution < -0.4 is 10.6 Å². The maximum Gasteiger partial charge on any atom is 0.335 e. The minimum Gasteiger partial charge on any atom is -0.320 e. The average molecular weight is 617 g/mol. The molecule has 0 aliphatic rings. The van der Waals surface area contributed by atoms with Gasteiger partial charge in [0.2, 0.25) is 0 Å². The van der Waals surface area contributed by atoms with Crippen molar-refractivity contribution in [2.75, 3.05) is 37.1 Å². The monoisotopic (exact) mass is 616 g/mol. The number of para-hydroxylation sites is 2. The smallest absolute Gasteiger partial charge is 0.320 e. The van der Waals surface area contributed by atoms with E-state index in [1.807, 2.05) is 0 Å². The third-order valence-electron chi connectivity index (χ3n) is 5.91. The zero-order valence-corrected chi connectivity index (χ0v) is 26.1. The molecule has 3 rings (SSSR count). The van der Waals surface area contributed by atoms with Crippen LogP contribution in [0, 0.1) is 0 Å². The molecule has 0 aliphatic heterocycles. The van der Waals surface area contributed by atoms with Crippen LogP contribution in [0.4, 0.5) is 11.4 Å². The van der Waals surface area contributed by atoms with Crippen LogP contribution in [0.25, 0.3) is 0 Å². The number of nitrogens with one attached hydrogen (secondary N) is 2. The largest absolute Gasteiger partial charge is 0.335 e. The molecule has 0 radical (unpaired) electrons. The Morgan fingerprint density at radius 1 is 0.548 bits per heavy atom. The Morgan fingerprint density at radius 3 is 1.14 bits per heavy atom. The first-order valence-corrected chi connectivity index (χ1v) is 17.3. The Balaban J connectivity index is 1.66. The number of benzene rings is 3. The summed E-state index contributed by atoms with van der Waals surface area (Å²) in [6.45, 7) is 8.09. The molecule has 226 valence electrons.